The second-order valence-electron chi connectivity index (χ2n) is 13.6. The molecular formula is C36H42F2O9S. The summed E-state index contributed by atoms with van der Waals surface area (Å²) in [6.45, 7) is 6.97. The molecule has 12 heteroatoms. The molecule has 1 heterocycles. The summed E-state index contributed by atoms with van der Waals surface area (Å²) < 4.78 is 55.0. The van der Waals surface area contributed by atoms with Crippen molar-refractivity contribution < 1.29 is 51.7 Å². The maximum atomic E-state index is 17.7. The predicted molar refractivity (Wildman–Crippen MR) is 172 cm³/mol. The van der Waals surface area contributed by atoms with Gasteiger partial charge in [0.25, 0.3) is 0 Å². The fourth-order valence-electron chi connectivity index (χ4n) is 8.76. The summed E-state index contributed by atoms with van der Waals surface area (Å²) in [5.74, 6) is 1.51. The Morgan fingerprint density at radius 3 is 2.62 bits per heavy atom. The van der Waals surface area contributed by atoms with Crippen molar-refractivity contribution in [3.8, 4) is 11.8 Å². The van der Waals surface area contributed by atoms with Gasteiger partial charge in [0.05, 0.1) is 24.7 Å². The van der Waals surface area contributed by atoms with Gasteiger partial charge in [-0.05, 0) is 68.4 Å². The lowest BCUT2D eigenvalue weighted by molar-refractivity contribution is -0.221. The summed E-state index contributed by atoms with van der Waals surface area (Å²) in [6.07, 6.45) is 3.07. The van der Waals surface area contributed by atoms with Crippen LogP contribution in [0.3, 0.4) is 0 Å². The number of ketones is 1. The van der Waals surface area contributed by atoms with Crippen molar-refractivity contribution in [1.82, 2.24) is 0 Å². The number of halogens is 2. The number of alkyl halides is 2. The average molecular weight is 689 g/mol. The van der Waals surface area contributed by atoms with Crippen LogP contribution in [0.2, 0.25) is 0 Å². The van der Waals surface area contributed by atoms with Gasteiger partial charge in [-0.3, -0.25) is 9.59 Å². The highest BCUT2D eigenvalue weighted by Gasteiger charge is 2.78. The molecule has 260 valence electrons. The van der Waals surface area contributed by atoms with Gasteiger partial charge in [0.15, 0.2) is 23.7 Å². The SMILES string of the molecule is CCCCCOC(=O)OCC#CCSC(=O)[C@@]1(OC(=O)c2ccco2)[C@H](C)C[C@H]2[C@@H]3C[C@H](F)C4=CC(=O)C=C[C@]4(C)[C@@]3(F)[C@@H](O)C[C@@]21C. The van der Waals surface area contributed by atoms with Crippen molar-refractivity contribution in [3.63, 3.8) is 0 Å². The van der Waals surface area contributed by atoms with E-state index >= 15 is 8.78 Å². The van der Waals surface area contributed by atoms with E-state index in [4.69, 9.17) is 18.6 Å². The number of aliphatic hydroxyl groups is 1. The Bertz CT molecular complexity index is 1550. The lowest BCUT2D eigenvalue weighted by Crippen LogP contribution is -2.70. The number of ether oxygens (including phenoxy) is 3. The normalized spacial score (nSPS) is 36.4. The lowest BCUT2D eigenvalue weighted by Gasteiger charge is -2.63. The van der Waals surface area contributed by atoms with Crippen LogP contribution in [0.4, 0.5) is 13.6 Å². The molecule has 48 heavy (non-hydrogen) atoms. The van der Waals surface area contributed by atoms with E-state index in [9.17, 15) is 24.3 Å². The zero-order valence-corrected chi connectivity index (χ0v) is 28.4. The number of unbranched alkanes of at least 4 members (excludes halogenated alkanes) is 2. The molecule has 4 aliphatic carbocycles. The summed E-state index contributed by atoms with van der Waals surface area (Å²) in [4.78, 5) is 51.7. The van der Waals surface area contributed by atoms with Gasteiger partial charge >= 0.3 is 12.1 Å². The van der Waals surface area contributed by atoms with E-state index in [1.807, 2.05) is 6.92 Å². The number of furan rings is 1. The van der Waals surface area contributed by atoms with Crippen molar-refractivity contribution in [2.75, 3.05) is 19.0 Å². The summed E-state index contributed by atoms with van der Waals surface area (Å²) in [6, 6.07) is 2.90. The van der Waals surface area contributed by atoms with Crippen LogP contribution in [0.15, 0.2) is 46.6 Å². The highest BCUT2D eigenvalue weighted by Crippen LogP contribution is 2.72. The Labute approximate surface area is 283 Å². The number of carbonyl (C=O) groups excluding carboxylic acids is 4. The number of aliphatic hydroxyl groups excluding tert-OH is 1. The van der Waals surface area contributed by atoms with Crippen LogP contribution in [-0.2, 0) is 23.8 Å². The first-order valence-electron chi connectivity index (χ1n) is 16.4. The van der Waals surface area contributed by atoms with Crippen LogP contribution in [0.5, 0.6) is 0 Å². The van der Waals surface area contributed by atoms with E-state index < -0.39 is 75.2 Å². The second-order valence-corrected chi connectivity index (χ2v) is 14.6. The van der Waals surface area contributed by atoms with E-state index in [2.05, 4.69) is 11.8 Å². The molecule has 1 aromatic rings. The van der Waals surface area contributed by atoms with Crippen LogP contribution in [0.1, 0.15) is 76.8 Å². The van der Waals surface area contributed by atoms with Crippen LogP contribution >= 0.6 is 11.8 Å². The minimum atomic E-state index is -2.36. The molecule has 1 aromatic heterocycles. The van der Waals surface area contributed by atoms with Gasteiger partial charge in [-0.15, -0.1) is 0 Å². The summed E-state index contributed by atoms with van der Waals surface area (Å²) in [5.41, 5.74) is -7.14. The molecule has 0 aliphatic heterocycles. The van der Waals surface area contributed by atoms with Gasteiger partial charge in [0.2, 0.25) is 10.9 Å². The molecule has 0 bridgehead atoms. The van der Waals surface area contributed by atoms with Gasteiger partial charge in [-0.25, -0.2) is 18.4 Å². The smallest absolute Gasteiger partial charge is 0.457 e. The number of thioether (sulfide) groups is 1. The Kier molecular flexibility index (Phi) is 10.3. The monoisotopic (exact) mass is 688 g/mol. The molecule has 9 atom stereocenters. The molecule has 0 amide bonds. The molecule has 1 N–H and O–H groups in total. The quantitative estimate of drug-likeness (QED) is 0.178. The molecule has 0 spiro atoms. The minimum absolute atomic E-state index is 0.00287. The largest absolute Gasteiger partial charge is 0.509 e. The van der Waals surface area contributed by atoms with Crippen molar-refractivity contribution in [2.24, 2.45) is 28.6 Å². The maximum absolute atomic E-state index is 17.7. The van der Waals surface area contributed by atoms with E-state index in [0.717, 1.165) is 37.1 Å². The maximum Gasteiger partial charge on any atom is 0.509 e. The van der Waals surface area contributed by atoms with E-state index in [-0.39, 0.29) is 49.6 Å². The third-order valence-corrected chi connectivity index (χ3v) is 11.9. The number of carbonyl (C=O) groups is 4. The third-order valence-electron chi connectivity index (χ3n) is 11.1. The number of hydrogen-bond acceptors (Lipinski definition) is 10. The number of fused-ring (bicyclic) bond motifs is 5. The van der Waals surface area contributed by atoms with Crippen molar-refractivity contribution in [2.45, 2.75) is 89.8 Å². The standard InChI is InChI=1S/C36H42F2O9S/c1-5-6-7-14-45-32(43)46-15-8-9-17-48-31(42)36(47-30(41)28-11-10-16-44-28)22(2)18-24-25-20-27(37)26-19-23(39)12-13-33(26,3)35(25,38)29(40)21-34(24,36)4/h10-13,16,19,22,24-25,27,29,40H,5-7,14-15,17-18,20-21H2,1-4H3/t22-,24+,25+,27+,29+,33+,34+,35+,36+/m1/s1. The molecule has 3 saturated carbocycles. The molecular weight excluding hydrogens is 646 g/mol. The fraction of sp³-hybridized carbons (Fsp3) is 0.611. The molecule has 4 aliphatic rings. The highest BCUT2D eigenvalue weighted by atomic mass is 32.2. The Morgan fingerprint density at radius 2 is 1.92 bits per heavy atom. The van der Waals surface area contributed by atoms with Gasteiger partial charge in [-0.1, -0.05) is 63.3 Å². The molecule has 9 nitrogen and oxygen atoms in total. The van der Waals surface area contributed by atoms with E-state index in [1.54, 1.807) is 13.8 Å². The molecule has 0 aromatic carbocycles. The minimum Gasteiger partial charge on any atom is -0.457 e. The first kappa shape index (κ1) is 35.9. The van der Waals surface area contributed by atoms with E-state index in [1.165, 1.54) is 37.5 Å². The first-order chi connectivity index (χ1) is 22.8. The fourth-order valence-corrected chi connectivity index (χ4v) is 9.76. The Morgan fingerprint density at radius 1 is 1.15 bits per heavy atom. The average Bonchev–Trinajstić information content (AvgIpc) is 3.66. The van der Waals surface area contributed by atoms with Gasteiger partial charge in [-0.2, -0.15) is 0 Å². The van der Waals surface area contributed by atoms with E-state index in [0.29, 0.717) is 0 Å². The topological polar surface area (TPSA) is 129 Å². The predicted octanol–water partition coefficient (Wildman–Crippen LogP) is 6.35. The second kappa shape index (κ2) is 13.8. The summed E-state index contributed by atoms with van der Waals surface area (Å²) in [5, 5.41) is 11.2. The van der Waals surface area contributed by atoms with Crippen LogP contribution in [0, 0.1) is 40.4 Å². The molecule has 0 radical (unpaired) electrons. The molecule has 0 unspecified atom stereocenters. The Hall–Kier alpha value is -3.43. The van der Waals surface area contributed by atoms with Crippen molar-refractivity contribution in [1.29, 1.82) is 0 Å². The zero-order chi connectivity index (χ0) is 34.9. The number of rotatable bonds is 9. The van der Waals surface area contributed by atoms with Crippen molar-refractivity contribution >= 4 is 34.8 Å². The van der Waals surface area contributed by atoms with Gasteiger partial charge < -0.3 is 23.7 Å². The van der Waals surface area contributed by atoms with Gasteiger partial charge in [0, 0.05) is 22.7 Å². The summed E-state index contributed by atoms with van der Waals surface area (Å²) in [7, 11) is 0. The third kappa shape index (κ3) is 5.81. The highest BCUT2D eigenvalue weighted by molar-refractivity contribution is 8.14. The zero-order valence-electron chi connectivity index (χ0n) is 27.6. The Balaban J connectivity index is 1.41. The van der Waals surface area contributed by atoms with Gasteiger partial charge in [0.1, 0.15) is 6.17 Å². The van der Waals surface area contributed by atoms with Crippen LogP contribution in [-0.4, -0.2) is 70.6 Å². The number of hydrogen-bond donors (Lipinski definition) is 1. The molecule has 0 saturated heterocycles. The molecule has 3 fully saturated rings. The lowest BCUT2D eigenvalue weighted by atomic mass is 9.44. The number of allylic oxidation sites excluding steroid dienone is 4. The van der Waals surface area contributed by atoms with Crippen molar-refractivity contribution in [3.05, 3.63) is 48.0 Å². The van der Waals surface area contributed by atoms with Crippen LogP contribution in [0.25, 0.3) is 0 Å². The van der Waals surface area contributed by atoms with Crippen LogP contribution < -0.4 is 0 Å². The number of esters is 1. The molecule has 5 rings (SSSR count). The first-order valence-corrected chi connectivity index (χ1v) is 17.4. The summed E-state index contributed by atoms with van der Waals surface area (Å²) >= 11 is 0.797.